The monoisotopic (exact) mass is 520 g/mol. The first-order chi connectivity index (χ1) is 18.3. The second-order valence-corrected chi connectivity index (χ2v) is 8.98. The Morgan fingerprint density at radius 1 is 0.947 bits per heavy atom. The highest BCUT2D eigenvalue weighted by atomic mass is 16.9. The van der Waals surface area contributed by atoms with Gasteiger partial charge < -0.3 is 23.5 Å². The van der Waals surface area contributed by atoms with Gasteiger partial charge in [-0.25, -0.2) is 9.59 Å². The molecule has 11 heteroatoms. The van der Waals surface area contributed by atoms with E-state index >= 15 is 0 Å². The van der Waals surface area contributed by atoms with Gasteiger partial charge in [0.25, 0.3) is 5.69 Å². The summed E-state index contributed by atoms with van der Waals surface area (Å²) >= 11 is 0. The van der Waals surface area contributed by atoms with Crippen LogP contribution < -0.4 is 4.90 Å². The van der Waals surface area contributed by atoms with Crippen LogP contribution in [0.15, 0.2) is 54.6 Å². The Balaban J connectivity index is 1.55. The summed E-state index contributed by atoms with van der Waals surface area (Å²) in [7, 11) is 0. The van der Waals surface area contributed by atoms with E-state index in [2.05, 4.69) is 37.0 Å². The average molecular weight is 520 g/mol. The largest absolute Gasteiger partial charge is 0.723 e. The number of nitro groups is 1. The zero-order valence-electron chi connectivity index (χ0n) is 21.3. The van der Waals surface area contributed by atoms with Gasteiger partial charge >= 0.3 is 24.7 Å². The summed E-state index contributed by atoms with van der Waals surface area (Å²) in [4.78, 5) is 36.4. The van der Waals surface area contributed by atoms with Crippen LogP contribution in [-0.2, 0) is 28.2 Å². The highest BCUT2D eigenvalue weighted by molar-refractivity contribution is 6.67. The molecule has 0 N–H and O–H groups in total. The van der Waals surface area contributed by atoms with Crippen molar-refractivity contribution in [3.8, 4) is 0 Å². The number of non-ortho nitro benzene ring substituents is 1. The average Bonchev–Trinajstić information content (AvgIpc) is 3.19. The molecule has 0 amide bonds. The van der Waals surface area contributed by atoms with Gasteiger partial charge in [0.15, 0.2) is 11.7 Å². The standard InChI is InChI=1S/C27H29BN2O8/c1-3-5-17-29(18-6-4-2)22-12-7-20(8-13-22)9-16-24-19-25(21-10-14-23(15-11-21)30(33)34)36-28(35-24)37-26(31)27(32)38-28/h7-16,24H,3-6,17-18H2,1-2H3. The molecule has 1 saturated heterocycles. The van der Waals surface area contributed by atoms with Crippen LogP contribution in [0.2, 0.25) is 0 Å². The van der Waals surface area contributed by atoms with Crippen LogP contribution in [0.1, 0.15) is 50.7 Å². The summed E-state index contributed by atoms with van der Waals surface area (Å²) in [6, 6.07) is 13.6. The number of carbonyl (C=O) groups excluding carboxylic acids is 2. The fourth-order valence-electron chi connectivity index (χ4n) is 4.08. The molecular weight excluding hydrogens is 491 g/mol. The van der Waals surface area contributed by atoms with Crippen LogP contribution in [0, 0.1) is 16.2 Å². The third kappa shape index (κ3) is 6.37. The number of unbranched alkanes of at least 4 members (excludes halogenated alkanes) is 2. The molecule has 38 heavy (non-hydrogen) atoms. The maximum absolute atomic E-state index is 11.7. The van der Waals surface area contributed by atoms with Gasteiger partial charge in [-0.2, -0.15) is 0 Å². The van der Waals surface area contributed by atoms with Gasteiger partial charge in [0.2, 0.25) is 0 Å². The predicted molar refractivity (Wildman–Crippen MR) is 141 cm³/mol. The first-order valence-electron chi connectivity index (χ1n) is 12.7. The molecule has 4 rings (SSSR count). The molecule has 2 aromatic rings. The Morgan fingerprint density at radius 3 is 2.11 bits per heavy atom. The van der Waals surface area contributed by atoms with Crippen LogP contribution in [0.3, 0.4) is 0 Å². The molecule has 2 aliphatic heterocycles. The molecule has 0 radical (unpaired) electrons. The zero-order valence-corrected chi connectivity index (χ0v) is 21.3. The highest BCUT2D eigenvalue weighted by Gasteiger charge is 2.56. The summed E-state index contributed by atoms with van der Waals surface area (Å²) in [6.45, 7) is 3.18. The Bertz CT molecular complexity index is 1200. The maximum atomic E-state index is 11.7. The molecule has 198 valence electrons. The highest BCUT2D eigenvalue weighted by Crippen LogP contribution is 2.34. The van der Waals surface area contributed by atoms with Gasteiger partial charge in [-0.3, -0.25) is 10.1 Å². The van der Waals surface area contributed by atoms with Gasteiger partial charge in [-0.1, -0.05) is 44.9 Å². The molecule has 2 heterocycles. The number of hydrogen-bond donors (Lipinski definition) is 0. The second kappa shape index (κ2) is 11.9. The lowest BCUT2D eigenvalue weighted by atomic mass is 9.99. The minimum Gasteiger partial charge on any atom is -0.588 e. The molecule has 2 aliphatic rings. The van der Waals surface area contributed by atoms with Crippen molar-refractivity contribution in [1.29, 1.82) is 0 Å². The molecule has 1 unspecified atom stereocenters. The van der Waals surface area contributed by atoms with Gasteiger partial charge in [-0.15, -0.1) is 0 Å². The normalized spacial score (nSPS) is 17.9. The second-order valence-electron chi connectivity index (χ2n) is 8.98. The van der Waals surface area contributed by atoms with Crippen LogP contribution >= 0.6 is 0 Å². The number of nitrogens with zero attached hydrogens (tertiary/aromatic N) is 2. The van der Waals surface area contributed by atoms with E-state index in [9.17, 15) is 19.7 Å². The summed E-state index contributed by atoms with van der Waals surface area (Å²) in [5.41, 5.74) is 2.35. The SMILES string of the molecule is CCCCN(CCCC)c1ccc(C=CC2[C+]=C(c3ccc([N+](=O)[O-])cc3)O[B-]3(OC(=O)C(=O)O3)O2)cc1. The van der Waals surface area contributed by atoms with Crippen molar-refractivity contribution in [2.24, 2.45) is 0 Å². The van der Waals surface area contributed by atoms with Crippen LogP contribution in [0.25, 0.3) is 11.8 Å². The Kier molecular flexibility index (Phi) is 8.40. The number of benzene rings is 2. The topological polar surface area (TPSA) is 117 Å². The maximum Gasteiger partial charge on any atom is 0.723 e. The molecule has 0 bridgehead atoms. The molecule has 0 aromatic heterocycles. The number of anilines is 1. The summed E-state index contributed by atoms with van der Waals surface area (Å²) in [5, 5.41) is 11.0. The van der Waals surface area contributed by atoms with Crippen molar-refractivity contribution < 1.29 is 33.1 Å². The van der Waals surface area contributed by atoms with E-state index in [0.717, 1.165) is 50.0 Å². The third-order valence-electron chi connectivity index (χ3n) is 6.14. The molecule has 1 atom stereocenters. The first kappa shape index (κ1) is 26.8. The molecule has 2 aromatic carbocycles. The van der Waals surface area contributed by atoms with E-state index in [4.69, 9.17) is 18.6 Å². The Hall–Kier alpha value is -4.21. The number of carbonyl (C=O) groups is 2. The van der Waals surface area contributed by atoms with Gasteiger partial charge in [-0.05, 0) is 36.6 Å². The van der Waals surface area contributed by atoms with Crippen molar-refractivity contribution in [2.45, 2.75) is 45.6 Å². The van der Waals surface area contributed by atoms with Gasteiger partial charge in [0.05, 0.1) is 4.92 Å². The Morgan fingerprint density at radius 2 is 1.55 bits per heavy atom. The fourth-order valence-corrected chi connectivity index (χ4v) is 4.08. The lowest BCUT2D eigenvalue weighted by Crippen LogP contribution is -2.49. The van der Waals surface area contributed by atoms with Crippen molar-refractivity contribution in [3.05, 3.63) is 81.9 Å². The van der Waals surface area contributed by atoms with Crippen molar-refractivity contribution >= 4 is 42.1 Å². The summed E-state index contributed by atoms with van der Waals surface area (Å²) in [6.07, 6.45) is 10.1. The lowest BCUT2D eigenvalue weighted by Gasteiger charge is -2.35. The van der Waals surface area contributed by atoms with Crippen LogP contribution in [0.5, 0.6) is 0 Å². The van der Waals surface area contributed by atoms with Crippen molar-refractivity contribution in [3.63, 3.8) is 0 Å². The van der Waals surface area contributed by atoms with E-state index in [1.807, 2.05) is 18.2 Å². The van der Waals surface area contributed by atoms with E-state index in [-0.39, 0.29) is 11.4 Å². The quantitative estimate of drug-likeness (QED) is 0.135. The minimum atomic E-state index is -3.20. The van der Waals surface area contributed by atoms with E-state index in [1.54, 1.807) is 6.08 Å². The lowest BCUT2D eigenvalue weighted by molar-refractivity contribution is -0.384. The zero-order chi connectivity index (χ0) is 27.1. The minimum absolute atomic E-state index is 0.0705. The number of hydrogen-bond acceptors (Lipinski definition) is 9. The first-order valence-corrected chi connectivity index (χ1v) is 12.7. The molecule has 0 aliphatic carbocycles. The van der Waals surface area contributed by atoms with Gasteiger partial charge in [0, 0.05) is 43.0 Å². The fraction of sp³-hybridized carbons (Fsp3) is 0.333. The van der Waals surface area contributed by atoms with Crippen LogP contribution in [0.4, 0.5) is 11.4 Å². The number of nitro benzene ring substituents is 1. The van der Waals surface area contributed by atoms with E-state index in [0.29, 0.717) is 5.56 Å². The molecule has 1 spiro atoms. The third-order valence-corrected chi connectivity index (χ3v) is 6.14. The smallest absolute Gasteiger partial charge is 0.588 e. The van der Waals surface area contributed by atoms with Crippen molar-refractivity contribution in [1.82, 2.24) is 0 Å². The summed E-state index contributed by atoms with van der Waals surface area (Å²) < 4.78 is 21.3. The van der Waals surface area contributed by atoms with E-state index in [1.165, 1.54) is 24.3 Å². The number of rotatable bonds is 11. The van der Waals surface area contributed by atoms with Crippen LogP contribution in [-0.4, -0.2) is 43.0 Å². The molecule has 1 fully saturated rings. The molecular formula is C27H29BN2O8. The Labute approximate surface area is 221 Å². The van der Waals surface area contributed by atoms with Gasteiger partial charge in [0.1, 0.15) is 6.08 Å². The van der Waals surface area contributed by atoms with E-state index < -0.39 is 29.9 Å². The molecule has 10 nitrogen and oxygen atoms in total. The predicted octanol–water partition coefficient (Wildman–Crippen LogP) is 4.81. The summed E-state index contributed by atoms with van der Waals surface area (Å²) in [5.74, 6) is -2.39. The van der Waals surface area contributed by atoms with Crippen molar-refractivity contribution in [2.75, 3.05) is 18.0 Å². The molecule has 0 saturated carbocycles.